The number of nitrogens with one attached hydrogen (secondary N) is 1. The third-order valence-electron chi connectivity index (χ3n) is 7.23. The number of aliphatic hydroxyl groups is 1. The number of amidine groups is 1. The molecule has 1 aromatic heterocycles. The number of piperidine rings is 1. The highest BCUT2D eigenvalue weighted by atomic mass is 32.2. The molecular weight excluding hydrogens is 556 g/mol. The summed E-state index contributed by atoms with van der Waals surface area (Å²) >= 11 is 1.68. The van der Waals surface area contributed by atoms with E-state index >= 15 is 0 Å². The van der Waals surface area contributed by atoms with Crippen molar-refractivity contribution < 1.29 is 9.84 Å². The second-order valence-corrected chi connectivity index (χ2v) is 13.4. The summed E-state index contributed by atoms with van der Waals surface area (Å²) in [6, 6.07) is 2.73. The number of allylic oxidation sites excluding steroid dienone is 1. The Morgan fingerprint density at radius 1 is 1.28 bits per heavy atom. The lowest BCUT2D eigenvalue weighted by molar-refractivity contribution is 0.171. The van der Waals surface area contributed by atoms with Crippen LogP contribution in [-0.2, 0) is 13.5 Å². The summed E-state index contributed by atoms with van der Waals surface area (Å²) in [5.41, 5.74) is 10.2. The van der Waals surface area contributed by atoms with E-state index in [0.29, 0.717) is 23.0 Å². The van der Waals surface area contributed by atoms with Crippen LogP contribution in [0.3, 0.4) is 0 Å². The van der Waals surface area contributed by atoms with Gasteiger partial charge < -0.3 is 25.8 Å². The molecule has 43 heavy (non-hydrogen) atoms. The Labute approximate surface area is 264 Å². The van der Waals surface area contributed by atoms with E-state index < -0.39 is 0 Å². The van der Waals surface area contributed by atoms with Gasteiger partial charge in [-0.15, -0.1) is 0 Å². The molecule has 9 heteroatoms. The summed E-state index contributed by atoms with van der Waals surface area (Å²) in [6.45, 7) is 24.6. The SMILES string of the molecule is C/C=C(/O)C(=Nc1cc(C)c(C2CCN(C(C)C)CC2)c2c1O[C@H](C)C2)Nc1cn(C)nc1SC(C)C.C=CN.CCC. The standard InChI is InChI=1S/C29H43N5O2S.C3H8.C2H5N/c1-9-25(35)28(31-24-16-33(8)32-29(24)37-18(4)5)30-23-14-19(6)26(22-15-20(7)36-27(22)23)21-10-12-34(13-11-21)17(2)3;1-3-2;1-2-3/h9,14,16-18,20-21,35H,10-13,15H2,1-8H3,(H,30,31);3H2,1-2H3;2H,1,3H2/b25-9+;;/t20-;;/m1../s1. The number of aryl methyl sites for hydroxylation is 2. The second-order valence-electron chi connectivity index (χ2n) is 11.9. The van der Waals surface area contributed by atoms with Crippen molar-refractivity contribution >= 4 is 29.0 Å². The molecule has 4 N–H and O–H groups in total. The predicted octanol–water partition coefficient (Wildman–Crippen LogP) is 8.25. The van der Waals surface area contributed by atoms with Crippen LogP contribution >= 0.6 is 11.8 Å². The summed E-state index contributed by atoms with van der Waals surface area (Å²) < 4.78 is 8.14. The second kappa shape index (κ2) is 17.4. The van der Waals surface area contributed by atoms with Crippen LogP contribution in [0.4, 0.5) is 11.4 Å². The molecule has 1 saturated heterocycles. The van der Waals surface area contributed by atoms with E-state index in [0.717, 1.165) is 41.7 Å². The number of likely N-dealkylation sites (tertiary alicyclic amines) is 1. The first-order valence-corrected chi connectivity index (χ1v) is 16.6. The van der Waals surface area contributed by atoms with Gasteiger partial charge in [0.15, 0.2) is 11.6 Å². The number of nitrogens with two attached hydrogens (primary N) is 1. The first-order chi connectivity index (χ1) is 20.4. The summed E-state index contributed by atoms with van der Waals surface area (Å²) in [7, 11) is 1.90. The molecule has 2 aliphatic rings. The molecule has 2 aliphatic heterocycles. The topological polar surface area (TPSA) is 101 Å². The van der Waals surface area contributed by atoms with Gasteiger partial charge in [-0.3, -0.25) is 4.68 Å². The summed E-state index contributed by atoms with van der Waals surface area (Å²) in [5.74, 6) is 1.89. The average molecular weight is 613 g/mol. The summed E-state index contributed by atoms with van der Waals surface area (Å²) in [6.07, 6.45) is 9.43. The number of fused-ring (bicyclic) bond motifs is 1. The van der Waals surface area contributed by atoms with Gasteiger partial charge in [0.25, 0.3) is 0 Å². The monoisotopic (exact) mass is 612 g/mol. The molecule has 1 aromatic carbocycles. The van der Waals surface area contributed by atoms with Crippen LogP contribution in [0.5, 0.6) is 5.75 Å². The van der Waals surface area contributed by atoms with Gasteiger partial charge in [-0.2, -0.15) is 5.10 Å². The molecule has 0 amide bonds. The molecule has 0 radical (unpaired) electrons. The fourth-order valence-corrected chi connectivity index (χ4v) is 6.33. The van der Waals surface area contributed by atoms with Crippen molar-refractivity contribution in [1.82, 2.24) is 14.7 Å². The number of hydrogen-bond donors (Lipinski definition) is 3. The molecule has 1 fully saturated rings. The van der Waals surface area contributed by atoms with Crippen molar-refractivity contribution in [2.45, 2.75) is 116 Å². The van der Waals surface area contributed by atoms with Crippen molar-refractivity contribution in [2.24, 2.45) is 17.8 Å². The Morgan fingerprint density at radius 3 is 2.42 bits per heavy atom. The number of aliphatic hydroxyl groups excluding tert-OH is 1. The molecule has 3 heterocycles. The maximum Gasteiger partial charge on any atom is 0.173 e. The van der Waals surface area contributed by atoms with E-state index in [9.17, 15) is 5.11 Å². The molecule has 240 valence electrons. The lowest BCUT2D eigenvalue weighted by atomic mass is 9.82. The molecule has 0 bridgehead atoms. The largest absolute Gasteiger partial charge is 0.504 e. The Bertz CT molecular complexity index is 1240. The fraction of sp³-hybridized carbons (Fsp3) is 0.588. The first kappa shape index (κ1) is 36.3. The van der Waals surface area contributed by atoms with Crippen LogP contribution in [0.1, 0.15) is 97.3 Å². The zero-order valence-corrected chi connectivity index (χ0v) is 29.0. The van der Waals surface area contributed by atoms with E-state index in [1.54, 1.807) is 29.4 Å². The van der Waals surface area contributed by atoms with Gasteiger partial charge in [0.1, 0.15) is 22.6 Å². The Balaban J connectivity index is 0.000000992. The van der Waals surface area contributed by atoms with Gasteiger partial charge in [0.05, 0.1) is 5.69 Å². The van der Waals surface area contributed by atoms with E-state index in [4.69, 9.17) is 9.73 Å². The Hall–Kier alpha value is -2.91. The minimum absolute atomic E-state index is 0.0898. The number of hydrogen-bond acceptors (Lipinski definition) is 7. The Kier molecular flexibility index (Phi) is 14.7. The number of aromatic nitrogens is 2. The van der Waals surface area contributed by atoms with E-state index in [2.05, 4.69) is 89.1 Å². The number of rotatable bonds is 7. The van der Waals surface area contributed by atoms with E-state index in [1.807, 2.05) is 13.2 Å². The summed E-state index contributed by atoms with van der Waals surface area (Å²) in [4.78, 5) is 7.53. The van der Waals surface area contributed by atoms with Crippen molar-refractivity contribution in [2.75, 3.05) is 18.4 Å². The minimum atomic E-state index is 0.0898. The highest BCUT2D eigenvalue weighted by Gasteiger charge is 2.32. The number of anilines is 1. The van der Waals surface area contributed by atoms with Crippen LogP contribution in [-0.4, -0.2) is 56.1 Å². The van der Waals surface area contributed by atoms with Gasteiger partial charge in [-0.1, -0.05) is 52.5 Å². The lowest BCUT2D eigenvalue weighted by Gasteiger charge is -2.36. The molecule has 0 saturated carbocycles. The van der Waals surface area contributed by atoms with Crippen LogP contribution < -0.4 is 15.8 Å². The molecule has 1 atom stereocenters. The maximum atomic E-state index is 10.8. The molecule has 2 aromatic rings. The first-order valence-electron chi connectivity index (χ1n) is 15.7. The lowest BCUT2D eigenvalue weighted by Crippen LogP contribution is -2.38. The molecule has 0 unspecified atom stereocenters. The molecule has 0 spiro atoms. The number of thioether (sulfide) groups is 1. The van der Waals surface area contributed by atoms with Crippen molar-refractivity contribution in [3.05, 3.63) is 53.6 Å². The van der Waals surface area contributed by atoms with E-state index in [1.165, 1.54) is 42.2 Å². The number of aliphatic imine (C=N–C) groups is 1. The highest BCUT2D eigenvalue weighted by molar-refractivity contribution is 8.00. The van der Waals surface area contributed by atoms with Crippen LogP contribution in [0.25, 0.3) is 0 Å². The average Bonchev–Trinajstić information content (AvgIpc) is 3.49. The van der Waals surface area contributed by atoms with Crippen LogP contribution in [0.2, 0.25) is 0 Å². The van der Waals surface area contributed by atoms with Gasteiger partial charge in [-0.05, 0) is 95.9 Å². The Morgan fingerprint density at radius 2 is 1.88 bits per heavy atom. The minimum Gasteiger partial charge on any atom is -0.504 e. The maximum absolute atomic E-state index is 10.8. The smallest absolute Gasteiger partial charge is 0.173 e. The third kappa shape index (κ3) is 10.1. The normalized spacial score (nSPS) is 17.5. The van der Waals surface area contributed by atoms with Gasteiger partial charge in [-0.25, -0.2) is 4.99 Å². The zero-order chi connectivity index (χ0) is 32.3. The van der Waals surface area contributed by atoms with Gasteiger partial charge in [0, 0.05) is 36.5 Å². The van der Waals surface area contributed by atoms with E-state index in [-0.39, 0.29) is 11.9 Å². The van der Waals surface area contributed by atoms with Gasteiger partial charge in [0.2, 0.25) is 0 Å². The van der Waals surface area contributed by atoms with Crippen molar-refractivity contribution in [3.63, 3.8) is 0 Å². The van der Waals surface area contributed by atoms with Crippen molar-refractivity contribution in [3.8, 4) is 5.75 Å². The molecular formula is C34H56N6O2S. The quantitative estimate of drug-likeness (QED) is 0.125. The van der Waals surface area contributed by atoms with Crippen LogP contribution in [0.15, 0.2) is 46.9 Å². The van der Waals surface area contributed by atoms with Crippen LogP contribution in [0, 0.1) is 6.92 Å². The summed E-state index contributed by atoms with van der Waals surface area (Å²) in [5, 5.41) is 20.0. The molecule has 4 rings (SSSR count). The number of benzene rings is 1. The number of nitrogens with zero attached hydrogens (tertiary/aromatic N) is 4. The molecule has 0 aliphatic carbocycles. The number of ether oxygens (including phenoxy) is 1. The fourth-order valence-electron chi connectivity index (χ4n) is 5.48. The predicted molar refractivity (Wildman–Crippen MR) is 185 cm³/mol. The third-order valence-corrected chi connectivity index (χ3v) is 8.23. The molecule has 8 nitrogen and oxygen atoms in total. The highest BCUT2D eigenvalue weighted by Crippen LogP contribution is 2.46. The zero-order valence-electron chi connectivity index (χ0n) is 28.2. The van der Waals surface area contributed by atoms with Crippen molar-refractivity contribution in [1.29, 1.82) is 0 Å². The van der Waals surface area contributed by atoms with Gasteiger partial charge >= 0.3 is 0 Å².